The van der Waals surface area contributed by atoms with Crippen molar-refractivity contribution in [3.05, 3.63) is 59.4 Å². The number of hydrogen-bond acceptors (Lipinski definition) is 4. The molecule has 4 rings (SSSR count). The van der Waals surface area contributed by atoms with Gasteiger partial charge >= 0.3 is 0 Å². The minimum atomic E-state index is -0.692. The first-order valence-corrected chi connectivity index (χ1v) is 9.23. The highest BCUT2D eigenvalue weighted by Crippen LogP contribution is 2.33. The van der Waals surface area contributed by atoms with Gasteiger partial charge in [-0.3, -0.25) is 14.7 Å². The SMILES string of the molecule is O=C1Nc2cccc(F)c2C1C=Nc1ccc(CCN2CCOCC2)cc1. The highest BCUT2D eigenvalue weighted by atomic mass is 19.1. The number of ether oxygens (including phenoxy) is 1. The van der Waals surface area contributed by atoms with Crippen molar-refractivity contribution < 1.29 is 13.9 Å². The average molecular weight is 367 g/mol. The molecule has 0 aliphatic carbocycles. The Labute approximate surface area is 157 Å². The van der Waals surface area contributed by atoms with Crippen LogP contribution in [-0.4, -0.2) is 49.9 Å². The van der Waals surface area contributed by atoms with Gasteiger partial charge < -0.3 is 10.1 Å². The monoisotopic (exact) mass is 367 g/mol. The zero-order valence-electron chi connectivity index (χ0n) is 15.0. The standard InChI is InChI=1S/C21H22FN3O2/c22-18-2-1-3-19-20(18)17(21(26)24-19)14-23-16-6-4-15(5-7-16)8-9-25-10-12-27-13-11-25/h1-7,14,17H,8-13H2,(H,24,26). The minimum Gasteiger partial charge on any atom is -0.379 e. The molecule has 1 amide bonds. The summed E-state index contributed by atoms with van der Waals surface area (Å²) >= 11 is 0. The number of carbonyl (C=O) groups excluding carboxylic acids is 1. The number of aliphatic imine (C=N–C) groups is 1. The van der Waals surface area contributed by atoms with Gasteiger partial charge in [0.2, 0.25) is 5.91 Å². The van der Waals surface area contributed by atoms with E-state index in [1.54, 1.807) is 12.1 Å². The topological polar surface area (TPSA) is 53.9 Å². The number of fused-ring (bicyclic) bond motifs is 1. The summed E-state index contributed by atoms with van der Waals surface area (Å²) in [5, 5.41) is 2.70. The second-order valence-corrected chi connectivity index (χ2v) is 6.82. The molecule has 0 saturated carbocycles. The number of morpholine rings is 1. The van der Waals surface area contributed by atoms with Crippen molar-refractivity contribution in [2.24, 2.45) is 4.99 Å². The first kappa shape index (κ1) is 17.8. The maximum Gasteiger partial charge on any atom is 0.237 e. The van der Waals surface area contributed by atoms with Crippen LogP contribution in [0.25, 0.3) is 0 Å². The maximum absolute atomic E-state index is 14.1. The number of halogens is 1. The summed E-state index contributed by atoms with van der Waals surface area (Å²) in [6.07, 6.45) is 2.50. The van der Waals surface area contributed by atoms with Crippen molar-refractivity contribution >= 4 is 23.5 Å². The zero-order valence-corrected chi connectivity index (χ0v) is 15.0. The molecule has 5 nitrogen and oxygen atoms in total. The maximum atomic E-state index is 14.1. The van der Waals surface area contributed by atoms with Gasteiger partial charge in [0.15, 0.2) is 0 Å². The second kappa shape index (κ2) is 7.98. The third-order valence-electron chi connectivity index (χ3n) is 5.03. The Bertz CT molecular complexity index is 845. The molecule has 140 valence electrons. The van der Waals surface area contributed by atoms with Gasteiger partial charge in [-0.25, -0.2) is 4.39 Å². The Balaban J connectivity index is 1.39. The lowest BCUT2D eigenvalue weighted by Gasteiger charge is -2.26. The predicted molar refractivity (Wildman–Crippen MR) is 103 cm³/mol. The first-order chi connectivity index (χ1) is 13.2. The fraction of sp³-hybridized carbons (Fsp3) is 0.333. The molecule has 0 radical (unpaired) electrons. The van der Waals surface area contributed by atoms with Crippen LogP contribution in [-0.2, 0) is 16.0 Å². The molecule has 2 aliphatic rings. The fourth-order valence-electron chi connectivity index (χ4n) is 3.47. The number of hydrogen-bond donors (Lipinski definition) is 1. The molecule has 1 N–H and O–H groups in total. The third-order valence-corrected chi connectivity index (χ3v) is 5.03. The lowest BCUT2D eigenvalue weighted by atomic mass is 10.0. The molecule has 1 atom stereocenters. The van der Waals surface area contributed by atoms with Crippen molar-refractivity contribution in [2.75, 3.05) is 38.2 Å². The van der Waals surface area contributed by atoms with Crippen LogP contribution in [0.15, 0.2) is 47.5 Å². The van der Waals surface area contributed by atoms with E-state index in [9.17, 15) is 9.18 Å². The molecular formula is C21H22FN3O2. The van der Waals surface area contributed by atoms with Crippen molar-refractivity contribution in [1.29, 1.82) is 0 Å². The van der Waals surface area contributed by atoms with Crippen LogP contribution in [0.4, 0.5) is 15.8 Å². The molecule has 1 unspecified atom stereocenters. The van der Waals surface area contributed by atoms with E-state index in [1.807, 2.05) is 12.1 Å². The molecule has 1 fully saturated rings. The molecular weight excluding hydrogens is 345 g/mol. The van der Waals surface area contributed by atoms with Crippen molar-refractivity contribution in [2.45, 2.75) is 12.3 Å². The highest BCUT2D eigenvalue weighted by Gasteiger charge is 2.31. The van der Waals surface area contributed by atoms with E-state index in [0.29, 0.717) is 11.3 Å². The molecule has 0 aromatic heterocycles. The van der Waals surface area contributed by atoms with Gasteiger partial charge in [-0.2, -0.15) is 0 Å². The Kier molecular flexibility index (Phi) is 5.27. The van der Waals surface area contributed by atoms with Crippen molar-refractivity contribution in [3.63, 3.8) is 0 Å². The Hall–Kier alpha value is -2.57. The number of nitrogens with zero attached hydrogens (tertiary/aromatic N) is 2. The van der Waals surface area contributed by atoms with Gasteiger partial charge in [0.25, 0.3) is 0 Å². The lowest BCUT2D eigenvalue weighted by Crippen LogP contribution is -2.37. The second-order valence-electron chi connectivity index (χ2n) is 6.82. The molecule has 2 heterocycles. The fourth-order valence-corrected chi connectivity index (χ4v) is 3.47. The Morgan fingerprint density at radius 2 is 1.96 bits per heavy atom. The molecule has 0 spiro atoms. The van der Waals surface area contributed by atoms with Gasteiger partial charge in [0, 0.05) is 37.1 Å². The van der Waals surface area contributed by atoms with Crippen LogP contribution in [0.1, 0.15) is 17.0 Å². The number of benzene rings is 2. The van der Waals surface area contributed by atoms with Crippen LogP contribution in [0.5, 0.6) is 0 Å². The van der Waals surface area contributed by atoms with E-state index in [0.717, 1.165) is 45.0 Å². The third kappa shape index (κ3) is 4.07. The van der Waals surface area contributed by atoms with E-state index in [4.69, 9.17) is 4.74 Å². The normalized spacial score (nSPS) is 20.0. The number of nitrogens with one attached hydrogen (secondary N) is 1. The minimum absolute atomic E-state index is 0.249. The van der Waals surface area contributed by atoms with E-state index < -0.39 is 5.92 Å². The first-order valence-electron chi connectivity index (χ1n) is 9.23. The predicted octanol–water partition coefficient (Wildman–Crippen LogP) is 3.14. The zero-order chi connectivity index (χ0) is 18.6. The highest BCUT2D eigenvalue weighted by molar-refractivity contribution is 6.12. The van der Waals surface area contributed by atoms with Gasteiger partial charge in [0.1, 0.15) is 11.7 Å². The molecule has 27 heavy (non-hydrogen) atoms. The molecule has 2 aromatic carbocycles. The molecule has 2 aliphatic heterocycles. The molecule has 1 saturated heterocycles. The Morgan fingerprint density at radius 1 is 1.19 bits per heavy atom. The largest absolute Gasteiger partial charge is 0.379 e. The smallest absolute Gasteiger partial charge is 0.237 e. The van der Waals surface area contributed by atoms with Crippen LogP contribution in [0.3, 0.4) is 0 Å². The van der Waals surface area contributed by atoms with E-state index in [2.05, 4.69) is 27.3 Å². The van der Waals surface area contributed by atoms with E-state index in [-0.39, 0.29) is 11.7 Å². The number of anilines is 1. The number of amides is 1. The van der Waals surface area contributed by atoms with E-state index in [1.165, 1.54) is 17.8 Å². The van der Waals surface area contributed by atoms with Gasteiger partial charge in [-0.05, 0) is 36.2 Å². The molecule has 2 aromatic rings. The van der Waals surface area contributed by atoms with Crippen molar-refractivity contribution in [1.82, 2.24) is 4.90 Å². The van der Waals surface area contributed by atoms with Gasteiger partial charge in [-0.15, -0.1) is 0 Å². The van der Waals surface area contributed by atoms with Crippen LogP contribution in [0, 0.1) is 5.82 Å². The summed E-state index contributed by atoms with van der Waals surface area (Å²) < 4.78 is 19.4. The molecule has 6 heteroatoms. The van der Waals surface area contributed by atoms with Gasteiger partial charge in [0.05, 0.1) is 18.9 Å². The average Bonchev–Trinajstić information content (AvgIpc) is 3.03. The summed E-state index contributed by atoms with van der Waals surface area (Å²) in [5.41, 5.74) is 2.89. The van der Waals surface area contributed by atoms with Crippen LogP contribution < -0.4 is 5.32 Å². The summed E-state index contributed by atoms with van der Waals surface area (Å²) in [6, 6.07) is 12.6. The number of carbonyl (C=O) groups is 1. The number of rotatable bonds is 5. The molecule has 0 bridgehead atoms. The lowest BCUT2D eigenvalue weighted by molar-refractivity contribution is -0.115. The van der Waals surface area contributed by atoms with E-state index >= 15 is 0 Å². The summed E-state index contributed by atoms with van der Waals surface area (Å²) in [4.78, 5) is 18.9. The van der Waals surface area contributed by atoms with Crippen molar-refractivity contribution in [3.8, 4) is 0 Å². The Morgan fingerprint density at radius 3 is 2.74 bits per heavy atom. The summed E-state index contributed by atoms with van der Waals surface area (Å²) in [7, 11) is 0. The quantitative estimate of drug-likeness (QED) is 0.826. The summed E-state index contributed by atoms with van der Waals surface area (Å²) in [6.45, 7) is 4.62. The van der Waals surface area contributed by atoms with Crippen LogP contribution >= 0.6 is 0 Å². The van der Waals surface area contributed by atoms with Crippen LogP contribution in [0.2, 0.25) is 0 Å². The van der Waals surface area contributed by atoms with Gasteiger partial charge in [-0.1, -0.05) is 18.2 Å². The summed E-state index contributed by atoms with van der Waals surface area (Å²) in [5.74, 6) is -1.33.